The molecule has 0 spiro atoms. The fourth-order valence-corrected chi connectivity index (χ4v) is 1.79. The largest absolute Gasteiger partial charge is 0.478 e. The lowest BCUT2D eigenvalue weighted by Crippen LogP contribution is -2.37. The first-order chi connectivity index (χ1) is 8.53. The van der Waals surface area contributed by atoms with Crippen molar-refractivity contribution in [3.63, 3.8) is 0 Å². The first-order valence-electron chi connectivity index (χ1n) is 5.87. The number of hydrogen-bond donors (Lipinski definition) is 2. The summed E-state index contributed by atoms with van der Waals surface area (Å²) < 4.78 is 21.6. The van der Waals surface area contributed by atoms with Crippen LogP contribution >= 0.6 is 7.82 Å². The maximum absolute atomic E-state index is 11.4. The quantitative estimate of drug-likeness (QED) is 0.273. The Morgan fingerprint density at radius 2 is 1.79 bits per heavy atom. The van der Waals surface area contributed by atoms with Gasteiger partial charge in [0.1, 0.15) is 13.2 Å². The zero-order valence-electron chi connectivity index (χ0n) is 11.7. The zero-order chi connectivity index (χ0) is 15.1. The van der Waals surface area contributed by atoms with Crippen molar-refractivity contribution in [2.75, 3.05) is 40.9 Å². The van der Waals surface area contributed by atoms with Crippen molar-refractivity contribution >= 4 is 13.8 Å². The van der Waals surface area contributed by atoms with Crippen molar-refractivity contribution in [2.24, 2.45) is 0 Å². The van der Waals surface area contributed by atoms with E-state index in [2.05, 4.69) is 6.58 Å². The minimum absolute atomic E-state index is 0.0438. The average Bonchev–Trinajstić information content (AvgIpc) is 2.21. The highest BCUT2D eigenvalue weighted by Crippen LogP contribution is 2.43. The molecule has 0 aliphatic carbocycles. The molecule has 7 nitrogen and oxygen atoms in total. The standard InChI is InChI=1S/C11H22NO6P/c1-10(11(13)14)6-5-8-17-19(15,16)18-9-7-12(2,3)4/h1,5-9H2,2-4H3,(H-,13,14,15,16)/p+1. The molecule has 0 aliphatic heterocycles. The second-order valence-corrected chi connectivity index (χ2v) is 6.61. The topological polar surface area (TPSA) is 93.1 Å². The molecule has 0 aromatic carbocycles. The van der Waals surface area contributed by atoms with E-state index >= 15 is 0 Å². The van der Waals surface area contributed by atoms with Gasteiger partial charge in [-0.1, -0.05) is 6.58 Å². The van der Waals surface area contributed by atoms with Gasteiger partial charge in [-0.3, -0.25) is 9.05 Å². The lowest BCUT2D eigenvalue weighted by molar-refractivity contribution is -0.870. The van der Waals surface area contributed by atoms with E-state index in [-0.39, 0.29) is 25.2 Å². The number of aliphatic carboxylic acids is 1. The van der Waals surface area contributed by atoms with E-state index in [4.69, 9.17) is 14.2 Å². The lowest BCUT2D eigenvalue weighted by Gasteiger charge is -2.24. The van der Waals surface area contributed by atoms with E-state index in [1.807, 2.05) is 21.1 Å². The summed E-state index contributed by atoms with van der Waals surface area (Å²) in [6.07, 6.45) is 0.503. The summed E-state index contributed by atoms with van der Waals surface area (Å²) in [6, 6.07) is 0. The smallest absolute Gasteiger partial charge is 0.472 e. The monoisotopic (exact) mass is 296 g/mol. The van der Waals surface area contributed by atoms with Crippen LogP contribution < -0.4 is 0 Å². The van der Waals surface area contributed by atoms with Gasteiger partial charge in [0, 0.05) is 5.57 Å². The molecule has 0 fully saturated rings. The molecule has 0 aromatic rings. The Kier molecular flexibility index (Phi) is 7.47. The Balaban J connectivity index is 3.82. The van der Waals surface area contributed by atoms with Crippen molar-refractivity contribution < 1.29 is 32.9 Å². The van der Waals surface area contributed by atoms with E-state index in [0.29, 0.717) is 17.4 Å². The summed E-state index contributed by atoms with van der Waals surface area (Å²) in [5.41, 5.74) is 0.0438. The molecule has 2 N–H and O–H groups in total. The first-order valence-corrected chi connectivity index (χ1v) is 7.36. The lowest BCUT2D eigenvalue weighted by atomic mass is 10.2. The summed E-state index contributed by atoms with van der Waals surface area (Å²) in [4.78, 5) is 19.8. The molecule has 1 atom stereocenters. The Morgan fingerprint density at radius 3 is 2.26 bits per heavy atom. The van der Waals surface area contributed by atoms with Crippen molar-refractivity contribution in [3.05, 3.63) is 12.2 Å². The van der Waals surface area contributed by atoms with Gasteiger partial charge in [0.25, 0.3) is 0 Å². The van der Waals surface area contributed by atoms with E-state index in [1.54, 1.807) is 0 Å². The van der Waals surface area contributed by atoms with Gasteiger partial charge in [0.15, 0.2) is 0 Å². The molecule has 19 heavy (non-hydrogen) atoms. The number of phosphoric ester groups is 1. The fraction of sp³-hybridized carbons (Fsp3) is 0.727. The molecule has 0 saturated heterocycles. The third kappa shape index (κ3) is 10.9. The van der Waals surface area contributed by atoms with Crippen LogP contribution in [0.15, 0.2) is 12.2 Å². The first kappa shape index (κ1) is 18.3. The van der Waals surface area contributed by atoms with Gasteiger partial charge in [-0.05, 0) is 12.8 Å². The second kappa shape index (κ2) is 7.77. The van der Waals surface area contributed by atoms with Crippen LogP contribution in [0.3, 0.4) is 0 Å². The molecular formula is C11H23NO6P+. The minimum atomic E-state index is -4.05. The summed E-state index contributed by atoms with van der Waals surface area (Å²) in [6.45, 7) is 3.98. The Morgan fingerprint density at radius 1 is 1.26 bits per heavy atom. The Labute approximate surface area is 113 Å². The number of carboxylic acid groups (broad SMARTS) is 1. The number of carbonyl (C=O) groups is 1. The number of nitrogens with zero attached hydrogens (tertiary/aromatic N) is 1. The van der Waals surface area contributed by atoms with Crippen molar-refractivity contribution in [1.29, 1.82) is 0 Å². The third-order valence-corrected chi connectivity index (χ3v) is 3.21. The van der Waals surface area contributed by atoms with E-state index in [1.165, 1.54) is 0 Å². The van der Waals surface area contributed by atoms with E-state index in [0.717, 1.165) is 0 Å². The highest BCUT2D eigenvalue weighted by atomic mass is 31.2. The highest BCUT2D eigenvalue weighted by Gasteiger charge is 2.22. The van der Waals surface area contributed by atoms with Crippen LogP contribution in [0.2, 0.25) is 0 Å². The summed E-state index contributed by atoms with van der Waals surface area (Å²) in [7, 11) is 1.75. The number of hydrogen-bond acceptors (Lipinski definition) is 4. The highest BCUT2D eigenvalue weighted by molar-refractivity contribution is 7.47. The average molecular weight is 296 g/mol. The summed E-state index contributed by atoms with van der Waals surface area (Å²) >= 11 is 0. The maximum Gasteiger partial charge on any atom is 0.472 e. The predicted molar refractivity (Wildman–Crippen MR) is 70.6 cm³/mol. The summed E-state index contributed by atoms with van der Waals surface area (Å²) in [5, 5.41) is 8.56. The fourth-order valence-electron chi connectivity index (χ4n) is 1.04. The molecule has 0 radical (unpaired) electrons. The van der Waals surface area contributed by atoms with Crippen molar-refractivity contribution in [3.8, 4) is 0 Å². The van der Waals surface area contributed by atoms with Crippen LogP contribution in [-0.4, -0.2) is 61.4 Å². The van der Waals surface area contributed by atoms with E-state index in [9.17, 15) is 14.3 Å². The number of rotatable bonds is 10. The molecule has 0 rings (SSSR count). The van der Waals surface area contributed by atoms with Crippen LogP contribution in [0.4, 0.5) is 0 Å². The second-order valence-electron chi connectivity index (χ2n) is 5.16. The SMILES string of the molecule is C=C(CCCOP(=O)(O)OCC[N+](C)(C)C)C(=O)O. The van der Waals surface area contributed by atoms with Gasteiger partial charge in [0.2, 0.25) is 0 Å². The van der Waals surface area contributed by atoms with Gasteiger partial charge in [0.05, 0.1) is 27.7 Å². The molecule has 0 saturated carbocycles. The van der Waals surface area contributed by atoms with Crippen LogP contribution in [0, 0.1) is 0 Å². The van der Waals surface area contributed by atoms with Gasteiger partial charge in [-0.2, -0.15) is 0 Å². The van der Waals surface area contributed by atoms with Crippen LogP contribution in [0.1, 0.15) is 12.8 Å². The molecule has 0 bridgehead atoms. The van der Waals surface area contributed by atoms with Gasteiger partial charge in [-0.25, -0.2) is 9.36 Å². The van der Waals surface area contributed by atoms with E-state index < -0.39 is 13.8 Å². The van der Waals surface area contributed by atoms with Gasteiger partial charge >= 0.3 is 13.8 Å². The van der Waals surface area contributed by atoms with Crippen LogP contribution in [0.25, 0.3) is 0 Å². The number of likely N-dealkylation sites (N-methyl/N-ethyl adjacent to an activating group) is 1. The minimum Gasteiger partial charge on any atom is -0.478 e. The summed E-state index contributed by atoms with van der Waals surface area (Å²) in [5.74, 6) is -1.08. The molecule has 1 unspecified atom stereocenters. The molecule has 0 heterocycles. The number of phosphoric acid groups is 1. The maximum atomic E-state index is 11.4. The molecule has 0 amide bonds. The predicted octanol–water partition coefficient (Wildman–Crippen LogP) is 1.25. The van der Waals surface area contributed by atoms with Crippen molar-refractivity contribution in [2.45, 2.75) is 12.8 Å². The van der Waals surface area contributed by atoms with Gasteiger partial charge in [-0.15, -0.1) is 0 Å². The molecule has 8 heteroatoms. The normalized spacial score (nSPS) is 14.9. The van der Waals surface area contributed by atoms with Gasteiger partial charge < -0.3 is 14.5 Å². The zero-order valence-corrected chi connectivity index (χ0v) is 12.6. The third-order valence-electron chi connectivity index (χ3n) is 2.20. The Hall–Kier alpha value is -0.720. The van der Waals surface area contributed by atoms with Crippen molar-refractivity contribution in [1.82, 2.24) is 0 Å². The Bertz CT molecular complexity index is 363. The van der Waals surface area contributed by atoms with Crippen LogP contribution in [0.5, 0.6) is 0 Å². The molecule has 112 valence electrons. The van der Waals surface area contributed by atoms with Crippen LogP contribution in [-0.2, 0) is 18.4 Å². The number of carboxylic acids is 1. The number of quaternary nitrogens is 1. The molecule has 0 aliphatic rings. The molecular weight excluding hydrogens is 273 g/mol. The molecule has 0 aromatic heterocycles.